The lowest BCUT2D eigenvalue weighted by molar-refractivity contribution is -0.149. The maximum Gasteiger partial charge on any atom is 0.311 e. The average molecular weight is 268 g/mol. The Morgan fingerprint density at radius 3 is 2.42 bits per heavy atom. The molecule has 1 rings (SSSR count). The molecule has 5 nitrogen and oxygen atoms in total. The molecule has 1 aromatic carbocycles. The molecule has 0 saturated carbocycles. The second-order valence-corrected chi connectivity index (χ2v) is 4.07. The third-order valence-electron chi connectivity index (χ3n) is 3.08. The largest absolute Gasteiger partial charge is 0.493 e. The van der Waals surface area contributed by atoms with Crippen LogP contribution in [0.25, 0.3) is 0 Å². The molecule has 0 bridgehead atoms. The summed E-state index contributed by atoms with van der Waals surface area (Å²) in [7, 11) is 4.32. The molecule has 0 aromatic heterocycles. The minimum Gasteiger partial charge on any atom is -0.493 e. The van der Waals surface area contributed by atoms with Gasteiger partial charge < -0.3 is 19.3 Å². The van der Waals surface area contributed by atoms with Crippen LogP contribution in [0.1, 0.15) is 25.0 Å². The molecule has 1 N–H and O–H groups in total. The molecule has 0 spiro atoms. The summed E-state index contributed by atoms with van der Waals surface area (Å²) in [5.41, 5.74) is 0.513. The van der Waals surface area contributed by atoms with Gasteiger partial charge in [0.05, 0.1) is 33.4 Å². The quantitative estimate of drug-likeness (QED) is 0.799. The van der Waals surface area contributed by atoms with Crippen molar-refractivity contribution in [1.29, 1.82) is 0 Å². The van der Waals surface area contributed by atoms with Crippen molar-refractivity contribution >= 4 is 5.97 Å². The molecule has 2 unspecified atom stereocenters. The minimum atomic E-state index is -0.998. The molecule has 0 aliphatic rings. The third-order valence-corrected chi connectivity index (χ3v) is 3.08. The highest BCUT2D eigenvalue weighted by Gasteiger charge is 2.30. The first kappa shape index (κ1) is 15.3. The summed E-state index contributed by atoms with van der Waals surface area (Å²) < 4.78 is 15.1. The molecule has 0 amide bonds. The number of benzene rings is 1. The van der Waals surface area contributed by atoms with Crippen molar-refractivity contribution in [3.8, 4) is 11.5 Å². The van der Waals surface area contributed by atoms with Gasteiger partial charge in [-0.3, -0.25) is 4.79 Å². The lowest BCUT2D eigenvalue weighted by Crippen LogP contribution is -2.23. The van der Waals surface area contributed by atoms with Crippen molar-refractivity contribution < 1.29 is 24.1 Å². The van der Waals surface area contributed by atoms with Crippen molar-refractivity contribution in [2.75, 3.05) is 21.3 Å². The molecule has 5 heteroatoms. The van der Waals surface area contributed by atoms with Gasteiger partial charge in [0.25, 0.3) is 0 Å². The number of rotatable bonds is 6. The second kappa shape index (κ2) is 6.99. The maximum absolute atomic E-state index is 11.7. The van der Waals surface area contributed by atoms with E-state index < -0.39 is 18.0 Å². The first-order chi connectivity index (χ1) is 9.10. The monoisotopic (exact) mass is 268 g/mol. The first-order valence-electron chi connectivity index (χ1n) is 6.07. The predicted molar refractivity (Wildman–Crippen MR) is 70.3 cm³/mol. The summed E-state index contributed by atoms with van der Waals surface area (Å²) in [5, 5.41) is 10.4. The van der Waals surface area contributed by atoms with Crippen molar-refractivity contribution in [1.82, 2.24) is 0 Å². The predicted octanol–water partition coefficient (Wildman–Crippen LogP) is 1.94. The molecule has 0 saturated heterocycles. The Labute approximate surface area is 113 Å². The Morgan fingerprint density at radius 2 is 1.95 bits per heavy atom. The summed E-state index contributed by atoms with van der Waals surface area (Å²) in [6.45, 7) is 1.82. The Bertz CT molecular complexity index is 430. The highest BCUT2D eigenvalue weighted by Crippen LogP contribution is 2.38. The van der Waals surface area contributed by atoms with Crippen molar-refractivity contribution in [3.63, 3.8) is 0 Å². The lowest BCUT2D eigenvalue weighted by Gasteiger charge is -2.22. The molecule has 2 atom stereocenters. The van der Waals surface area contributed by atoms with Crippen LogP contribution in [0.15, 0.2) is 18.2 Å². The van der Waals surface area contributed by atoms with Gasteiger partial charge in [0.15, 0.2) is 11.5 Å². The fourth-order valence-electron chi connectivity index (χ4n) is 2.03. The van der Waals surface area contributed by atoms with Gasteiger partial charge in [-0.15, -0.1) is 0 Å². The molecule has 0 aliphatic heterocycles. The van der Waals surface area contributed by atoms with E-state index in [0.29, 0.717) is 23.5 Å². The lowest BCUT2D eigenvalue weighted by atomic mass is 9.92. The van der Waals surface area contributed by atoms with Gasteiger partial charge in [0, 0.05) is 5.56 Å². The van der Waals surface area contributed by atoms with Gasteiger partial charge in [-0.2, -0.15) is 0 Å². The number of carbonyl (C=O) groups is 1. The van der Waals surface area contributed by atoms with Crippen molar-refractivity contribution in [3.05, 3.63) is 23.8 Å². The Balaban J connectivity index is 3.17. The molecule has 1 aromatic rings. The van der Waals surface area contributed by atoms with E-state index in [1.165, 1.54) is 21.3 Å². The van der Waals surface area contributed by atoms with E-state index in [1.807, 2.05) is 6.92 Å². The van der Waals surface area contributed by atoms with E-state index in [1.54, 1.807) is 18.2 Å². The Morgan fingerprint density at radius 1 is 1.26 bits per heavy atom. The SMILES string of the molecule is CCC(C(=O)OC)C(O)c1cccc(OC)c1OC. The zero-order valence-electron chi connectivity index (χ0n) is 11.7. The zero-order chi connectivity index (χ0) is 14.4. The van der Waals surface area contributed by atoms with Crippen LogP contribution >= 0.6 is 0 Å². The number of aliphatic hydroxyl groups is 1. The standard InChI is InChI=1S/C14H20O5/c1-5-9(14(16)19-4)12(15)10-7-6-8-11(17-2)13(10)18-3/h6-9,12,15H,5H2,1-4H3. The van der Waals surface area contributed by atoms with Crippen LogP contribution in [0.2, 0.25) is 0 Å². The summed E-state index contributed by atoms with van der Waals surface area (Å²) in [6, 6.07) is 5.18. The molecule has 0 radical (unpaired) electrons. The molecular formula is C14H20O5. The Kier molecular flexibility index (Phi) is 5.63. The van der Waals surface area contributed by atoms with Crippen LogP contribution in [0.3, 0.4) is 0 Å². The maximum atomic E-state index is 11.7. The number of ether oxygens (including phenoxy) is 3. The average Bonchev–Trinajstić information content (AvgIpc) is 2.46. The summed E-state index contributed by atoms with van der Waals surface area (Å²) in [5.74, 6) is -0.135. The zero-order valence-corrected chi connectivity index (χ0v) is 11.7. The number of para-hydroxylation sites is 1. The van der Waals surface area contributed by atoms with Crippen LogP contribution in [0, 0.1) is 5.92 Å². The van der Waals surface area contributed by atoms with Gasteiger partial charge in [0.2, 0.25) is 0 Å². The van der Waals surface area contributed by atoms with Crippen LogP contribution in [-0.2, 0) is 9.53 Å². The van der Waals surface area contributed by atoms with E-state index in [0.717, 1.165) is 0 Å². The summed E-state index contributed by atoms with van der Waals surface area (Å²) >= 11 is 0. The van der Waals surface area contributed by atoms with Crippen LogP contribution in [0.4, 0.5) is 0 Å². The highest BCUT2D eigenvalue weighted by atomic mass is 16.5. The van der Waals surface area contributed by atoms with E-state index in [9.17, 15) is 9.90 Å². The fourth-order valence-corrected chi connectivity index (χ4v) is 2.03. The van der Waals surface area contributed by atoms with Crippen LogP contribution in [-0.4, -0.2) is 32.4 Å². The minimum absolute atomic E-state index is 0.430. The van der Waals surface area contributed by atoms with Crippen LogP contribution < -0.4 is 9.47 Å². The Hall–Kier alpha value is -1.75. The molecule has 0 heterocycles. The second-order valence-electron chi connectivity index (χ2n) is 4.07. The summed E-state index contributed by atoms with van der Waals surface area (Å²) in [6.07, 6.45) is -0.531. The van der Waals surface area contributed by atoms with Gasteiger partial charge in [-0.25, -0.2) is 0 Å². The molecular weight excluding hydrogens is 248 g/mol. The van der Waals surface area contributed by atoms with E-state index in [2.05, 4.69) is 0 Å². The fraction of sp³-hybridized carbons (Fsp3) is 0.500. The topological polar surface area (TPSA) is 65.0 Å². The normalized spacial score (nSPS) is 13.5. The number of hydrogen-bond acceptors (Lipinski definition) is 5. The van der Waals surface area contributed by atoms with Gasteiger partial charge in [-0.1, -0.05) is 19.1 Å². The van der Waals surface area contributed by atoms with Gasteiger partial charge in [0.1, 0.15) is 0 Å². The van der Waals surface area contributed by atoms with Crippen molar-refractivity contribution in [2.24, 2.45) is 5.92 Å². The number of esters is 1. The number of hydrogen-bond donors (Lipinski definition) is 1. The van der Waals surface area contributed by atoms with Crippen LogP contribution in [0.5, 0.6) is 11.5 Å². The molecule has 19 heavy (non-hydrogen) atoms. The number of aliphatic hydroxyl groups excluding tert-OH is 1. The first-order valence-corrected chi connectivity index (χ1v) is 6.07. The number of carbonyl (C=O) groups excluding carboxylic acids is 1. The molecule has 0 fully saturated rings. The summed E-state index contributed by atoms with van der Waals surface area (Å²) in [4.78, 5) is 11.7. The van der Waals surface area contributed by atoms with Gasteiger partial charge in [-0.05, 0) is 12.5 Å². The van der Waals surface area contributed by atoms with E-state index in [-0.39, 0.29) is 0 Å². The third kappa shape index (κ3) is 3.17. The van der Waals surface area contributed by atoms with Crippen molar-refractivity contribution in [2.45, 2.75) is 19.4 Å². The van der Waals surface area contributed by atoms with E-state index >= 15 is 0 Å². The van der Waals surface area contributed by atoms with Gasteiger partial charge >= 0.3 is 5.97 Å². The number of methoxy groups -OCH3 is 3. The molecule has 0 aliphatic carbocycles. The molecule has 106 valence electrons. The smallest absolute Gasteiger partial charge is 0.311 e. The highest BCUT2D eigenvalue weighted by molar-refractivity contribution is 5.73. The van der Waals surface area contributed by atoms with E-state index in [4.69, 9.17) is 14.2 Å².